The fourth-order valence-corrected chi connectivity index (χ4v) is 3.36. The molecule has 0 aliphatic carbocycles. The first kappa shape index (κ1) is 13.8. The first-order chi connectivity index (χ1) is 9.95. The van der Waals surface area contributed by atoms with E-state index in [1.807, 2.05) is 11.5 Å². The molecule has 1 aliphatic rings. The SMILES string of the molecule is CC1CCCc2nc(S(=O)(=O)Nc3ccc(=O)[nH]n3)cn21. The Balaban J connectivity index is 1.91. The van der Waals surface area contributed by atoms with Gasteiger partial charge >= 0.3 is 0 Å². The van der Waals surface area contributed by atoms with Gasteiger partial charge in [0, 0.05) is 24.7 Å². The normalized spacial score (nSPS) is 18.2. The first-order valence-corrected chi connectivity index (χ1v) is 8.10. The van der Waals surface area contributed by atoms with E-state index in [4.69, 9.17) is 0 Å². The Kier molecular flexibility index (Phi) is 3.28. The van der Waals surface area contributed by atoms with Crippen LogP contribution in [0, 0.1) is 0 Å². The van der Waals surface area contributed by atoms with Gasteiger partial charge in [-0.2, -0.15) is 13.5 Å². The smallest absolute Gasteiger partial charge is 0.282 e. The maximum Gasteiger partial charge on any atom is 0.282 e. The zero-order valence-electron chi connectivity index (χ0n) is 11.4. The Morgan fingerprint density at radius 1 is 1.43 bits per heavy atom. The van der Waals surface area contributed by atoms with Crippen molar-refractivity contribution in [2.45, 2.75) is 37.3 Å². The standard InChI is InChI=1S/C12H15N5O3S/c1-8-3-2-4-10-13-12(7-17(8)10)21(19,20)16-9-5-6-11(18)15-14-9/h5-8H,2-4H2,1H3,(H,14,16)(H,15,18). The zero-order valence-corrected chi connectivity index (χ0v) is 12.2. The Labute approximate surface area is 121 Å². The van der Waals surface area contributed by atoms with Crippen LogP contribution in [-0.4, -0.2) is 28.2 Å². The molecule has 1 aliphatic heterocycles. The molecule has 2 aromatic rings. The van der Waals surface area contributed by atoms with Crippen LogP contribution in [0.2, 0.25) is 0 Å². The minimum absolute atomic E-state index is 0.0285. The second kappa shape index (κ2) is 4.99. The average Bonchev–Trinajstić information content (AvgIpc) is 2.88. The lowest BCUT2D eigenvalue weighted by Crippen LogP contribution is -2.16. The molecule has 0 saturated heterocycles. The van der Waals surface area contributed by atoms with Gasteiger partial charge in [0.15, 0.2) is 10.8 Å². The summed E-state index contributed by atoms with van der Waals surface area (Å²) in [5.41, 5.74) is -0.399. The van der Waals surface area contributed by atoms with Crippen molar-refractivity contribution in [1.82, 2.24) is 19.7 Å². The van der Waals surface area contributed by atoms with E-state index in [-0.39, 0.29) is 16.9 Å². The van der Waals surface area contributed by atoms with E-state index in [2.05, 4.69) is 19.9 Å². The van der Waals surface area contributed by atoms with Gasteiger partial charge in [0.05, 0.1) is 0 Å². The van der Waals surface area contributed by atoms with Crippen LogP contribution in [0.3, 0.4) is 0 Å². The summed E-state index contributed by atoms with van der Waals surface area (Å²) in [4.78, 5) is 15.1. The Hall–Kier alpha value is -2.16. The summed E-state index contributed by atoms with van der Waals surface area (Å²) in [5.74, 6) is 0.831. The highest BCUT2D eigenvalue weighted by Gasteiger charge is 2.24. The molecular weight excluding hydrogens is 294 g/mol. The number of fused-ring (bicyclic) bond motifs is 1. The number of nitrogens with one attached hydrogen (secondary N) is 2. The number of aryl methyl sites for hydroxylation is 1. The second-order valence-corrected chi connectivity index (χ2v) is 6.69. The van der Waals surface area contributed by atoms with Crippen molar-refractivity contribution in [2.75, 3.05) is 4.72 Å². The van der Waals surface area contributed by atoms with Crippen LogP contribution in [0.15, 0.2) is 28.2 Å². The summed E-state index contributed by atoms with van der Waals surface area (Å²) >= 11 is 0. The summed E-state index contributed by atoms with van der Waals surface area (Å²) in [6.07, 6.45) is 4.34. The topological polar surface area (TPSA) is 110 Å². The van der Waals surface area contributed by atoms with Gasteiger partial charge in [-0.15, -0.1) is 0 Å². The average molecular weight is 309 g/mol. The molecule has 1 unspecified atom stereocenters. The van der Waals surface area contributed by atoms with E-state index in [1.165, 1.54) is 12.1 Å². The van der Waals surface area contributed by atoms with Crippen molar-refractivity contribution in [2.24, 2.45) is 0 Å². The highest BCUT2D eigenvalue weighted by Crippen LogP contribution is 2.26. The third kappa shape index (κ3) is 2.68. The summed E-state index contributed by atoms with van der Waals surface area (Å²) in [7, 11) is -3.81. The number of H-pyrrole nitrogens is 1. The van der Waals surface area contributed by atoms with Crippen LogP contribution in [0.1, 0.15) is 31.6 Å². The molecule has 0 radical (unpaired) electrons. The molecule has 21 heavy (non-hydrogen) atoms. The van der Waals surface area contributed by atoms with Gasteiger partial charge in [0.1, 0.15) is 5.82 Å². The number of anilines is 1. The first-order valence-electron chi connectivity index (χ1n) is 6.62. The zero-order chi connectivity index (χ0) is 15.0. The number of rotatable bonds is 3. The highest BCUT2D eigenvalue weighted by atomic mass is 32.2. The maximum atomic E-state index is 12.3. The van der Waals surface area contributed by atoms with Crippen LogP contribution in [-0.2, 0) is 16.4 Å². The number of imidazole rings is 1. The predicted molar refractivity (Wildman–Crippen MR) is 75.5 cm³/mol. The van der Waals surface area contributed by atoms with E-state index in [9.17, 15) is 13.2 Å². The van der Waals surface area contributed by atoms with Crippen molar-refractivity contribution in [3.8, 4) is 0 Å². The lowest BCUT2D eigenvalue weighted by Gasteiger charge is -2.20. The number of nitrogens with zero attached hydrogens (tertiary/aromatic N) is 3. The maximum absolute atomic E-state index is 12.3. The van der Waals surface area contributed by atoms with Crippen LogP contribution in [0.25, 0.3) is 0 Å². The van der Waals surface area contributed by atoms with E-state index < -0.39 is 15.6 Å². The molecule has 3 heterocycles. The van der Waals surface area contributed by atoms with Gasteiger partial charge in [-0.05, 0) is 25.8 Å². The van der Waals surface area contributed by atoms with E-state index in [0.29, 0.717) is 0 Å². The third-order valence-corrected chi connectivity index (χ3v) is 4.70. The molecule has 8 nitrogen and oxygen atoms in total. The van der Waals surface area contributed by atoms with Gasteiger partial charge in [-0.25, -0.2) is 10.1 Å². The van der Waals surface area contributed by atoms with E-state index in [1.54, 1.807) is 6.20 Å². The number of aromatic nitrogens is 4. The van der Waals surface area contributed by atoms with E-state index in [0.717, 1.165) is 25.1 Å². The summed E-state index contributed by atoms with van der Waals surface area (Å²) in [5, 5.41) is 5.77. The number of sulfonamides is 1. The molecule has 0 bridgehead atoms. The number of hydrogen-bond donors (Lipinski definition) is 2. The number of aromatic amines is 1. The summed E-state index contributed by atoms with van der Waals surface area (Å²) < 4.78 is 28.8. The minimum atomic E-state index is -3.81. The molecule has 9 heteroatoms. The Bertz CT molecular complexity index is 803. The van der Waals surface area contributed by atoms with Gasteiger partial charge in [-0.3, -0.25) is 9.52 Å². The van der Waals surface area contributed by atoms with Crippen LogP contribution in [0.4, 0.5) is 5.82 Å². The molecule has 0 spiro atoms. The molecule has 112 valence electrons. The van der Waals surface area contributed by atoms with E-state index >= 15 is 0 Å². The van der Waals surface area contributed by atoms with Gasteiger partial charge in [-0.1, -0.05) is 0 Å². The minimum Gasteiger partial charge on any atom is -0.331 e. The fourth-order valence-electron chi connectivity index (χ4n) is 2.39. The van der Waals surface area contributed by atoms with Gasteiger partial charge < -0.3 is 4.57 Å². The summed E-state index contributed by atoms with van der Waals surface area (Å²) in [6.45, 7) is 2.04. The molecular formula is C12H15N5O3S. The van der Waals surface area contributed by atoms with Crippen molar-refractivity contribution in [3.63, 3.8) is 0 Å². The number of hydrogen-bond acceptors (Lipinski definition) is 5. The molecule has 1 atom stereocenters. The second-order valence-electron chi connectivity index (χ2n) is 5.06. The van der Waals surface area contributed by atoms with Crippen molar-refractivity contribution >= 4 is 15.8 Å². The molecule has 2 N–H and O–H groups in total. The molecule has 3 rings (SSSR count). The third-order valence-electron chi connectivity index (χ3n) is 3.48. The van der Waals surface area contributed by atoms with Crippen LogP contribution in [0.5, 0.6) is 0 Å². The highest BCUT2D eigenvalue weighted by molar-refractivity contribution is 7.92. The summed E-state index contributed by atoms with van der Waals surface area (Å²) in [6, 6.07) is 2.75. The quantitative estimate of drug-likeness (QED) is 0.865. The van der Waals surface area contributed by atoms with Gasteiger partial charge in [0.2, 0.25) is 0 Å². The van der Waals surface area contributed by atoms with Gasteiger partial charge in [0.25, 0.3) is 15.6 Å². The van der Waals surface area contributed by atoms with Crippen molar-refractivity contribution < 1.29 is 8.42 Å². The lowest BCUT2D eigenvalue weighted by molar-refractivity contribution is 0.425. The molecule has 2 aromatic heterocycles. The van der Waals surface area contributed by atoms with Crippen molar-refractivity contribution in [3.05, 3.63) is 34.5 Å². The van der Waals surface area contributed by atoms with Crippen LogP contribution < -0.4 is 10.3 Å². The predicted octanol–water partition coefficient (Wildman–Crippen LogP) is 0.664. The molecule has 0 aromatic carbocycles. The Morgan fingerprint density at radius 3 is 2.90 bits per heavy atom. The van der Waals surface area contributed by atoms with Crippen LogP contribution >= 0.6 is 0 Å². The van der Waals surface area contributed by atoms with Crippen molar-refractivity contribution in [1.29, 1.82) is 0 Å². The lowest BCUT2D eigenvalue weighted by atomic mass is 10.1. The Morgan fingerprint density at radius 2 is 2.24 bits per heavy atom. The largest absolute Gasteiger partial charge is 0.331 e. The molecule has 0 amide bonds. The molecule has 0 fully saturated rings. The molecule has 0 saturated carbocycles. The fraction of sp³-hybridized carbons (Fsp3) is 0.417. The monoisotopic (exact) mass is 309 g/mol.